The zero-order chi connectivity index (χ0) is 14.5. The molecule has 0 saturated carbocycles. The van der Waals surface area contributed by atoms with E-state index in [0.717, 1.165) is 0 Å². The first kappa shape index (κ1) is 13.9. The van der Waals surface area contributed by atoms with Crippen LogP contribution in [0.5, 0.6) is 0 Å². The van der Waals surface area contributed by atoms with Crippen molar-refractivity contribution in [2.75, 3.05) is 18.2 Å². The monoisotopic (exact) mass is 275 g/mol. The van der Waals surface area contributed by atoms with Crippen LogP contribution in [0.25, 0.3) is 0 Å². The molecule has 0 radical (unpaired) electrons. The minimum absolute atomic E-state index is 0.0533. The molecule has 0 bridgehead atoms. The van der Waals surface area contributed by atoms with Crippen molar-refractivity contribution in [2.24, 2.45) is 0 Å². The lowest BCUT2D eigenvalue weighted by Crippen LogP contribution is -2.24. The van der Waals surface area contributed by atoms with Gasteiger partial charge in [0, 0.05) is 24.6 Å². The molecule has 0 amide bonds. The van der Waals surface area contributed by atoms with Gasteiger partial charge in [-0.25, -0.2) is 9.78 Å². The fourth-order valence-electron chi connectivity index (χ4n) is 1.84. The number of esters is 1. The molecule has 7 heteroatoms. The molecule has 3 N–H and O–H groups in total. The normalized spacial score (nSPS) is 11.9. The summed E-state index contributed by atoms with van der Waals surface area (Å²) < 4.78 is 6.48. The molecule has 20 heavy (non-hydrogen) atoms. The van der Waals surface area contributed by atoms with E-state index in [1.54, 1.807) is 10.9 Å². The lowest BCUT2D eigenvalue weighted by Gasteiger charge is -2.16. The summed E-state index contributed by atoms with van der Waals surface area (Å²) in [5.74, 6) is -0.0137. The van der Waals surface area contributed by atoms with Crippen molar-refractivity contribution >= 4 is 17.5 Å². The minimum Gasteiger partial charge on any atom is -0.465 e. The Bertz CT molecular complexity index is 582. The molecule has 2 rings (SSSR count). The highest BCUT2D eigenvalue weighted by atomic mass is 16.5. The lowest BCUT2D eigenvalue weighted by molar-refractivity contribution is 0.0602. The maximum atomic E-state index is 11.6. The van der Waals surface area contributed by atoms with Crippen molar-refractivity contribution in [3.63, 3.8) is 0 Å². The second kappa shape index (κ2) is 6.05. The second-order valence-electron chi connectivity index (χ2n) is 4.39. The molecular weight excluding hydrogens is 258 g/mol. The summed E-state index contributed by atoms with van der Waals surface area (Å²) in [4.78, 5) is 15.7. The van der Waals surface area contributed by atoms with Gasteiger partial charge in [-0.2, -0.15) is 5.10 Å². The quantitative estimate of drug-likeness (QED) is 0.795. The van der Waals surface area contributed by atoms with Crippen LogP contribution in [0, 0.1) is 0 Å². The van der Waals surface area contributed by atoms with Crippen molar-refractivity contribution in [1.29, 1.82) is 0 Å². The fraction of sp³-hybridized carbons (Fsp3) is 0.308. The first-order valence-corrected chi connectivity index (χ1v) is 6.18. The predicted octanol–water partition coefficient (Wildman–Crippen LogP) is 1.15. The fourth-order valence-corrected chi connectivity index (χ4v) is 1.84. The number of ether oxygens (including phenoxy) is 1. The number of carbonyl (C=O) groups excluding carboxylic acids is 1. The number of anilines is 2. The summed E-state index contributed by atoms with van der Waals surface area (Å²) in [6, 6.07) is 3.44. The Labute approximate surface area is 116 Å². The van der Waals surface area contributed by atoms with Gasteiger partial charge in [0.2, 0.25) is 0 Å². The van der Waals surface area contributed by atoms with E-state index in [2.05, 4.69) is 20.1 Å². The Morgan fingerprint density at radius 2 is 2.35 bits per heavy atom. The summed E-state index contributed by atoms with van der Waals surface area (Å²) in [5, 5.41) is 7.29. The number of methoxy groups -OCH3 is 1. The standard InChI is InChI=1S/C13H17N5O2/c1-9(8-18-7-3-5-16-18)17-12-11(14)10(4-6-15-12)13(19)20-2/h3-7,9H,8,14H2,1-2H3,(H,15,17). The molecule has 0 saturated heterocycles. The molecule has 0 aliphatic carbocycles. The number of nitrogen functional groups attached to an aromatic ring is 1. The summed E-state index contributed by atoms with van der Waals surface area (Å²) in [7, 11) is 1.32. The van der Waals surface area contributed by atoms with E-state index < -0.39 is 5.97 Å². The van der Waals surface area contributed by atoms with Gasteiger partial charge in [0.15, 0.2) is 0 Å². The molecule has 0 spiro atoms. The maximum Gasteiger partial charge on any atom is 0.340 e. The van der Waals surface area contributed by atoms with Crippen LogP contribution < -0.4 is 11.1 Å². The Morgan fingerprint density at radius 1 is 1.55 bits per heavy atom. The van der Waals surface area contributed by atoms with E-state index in [1.807, 2.05) is 19.2 Å². The third kappa shape index (κ3) is 3.05. The van der Waals surface area contributed by atoms with E-state index in [0.29, 0.717) is 17.9 Å². The van der Waals surface area contributed by atoms with Crippen molar-refractivity contribution in [3.05, 3.63) is 36.3 Å². The summed E-state index contributed by atoms with van der Waals surface area (Å²) in [5.41, 5.74) is 6.52. The zero-order valence-electron chi connectivity index (χ0n) is 11.4. The molecule has 0 aliphatic heterocycles. The van der Waals surface area contributed by atoms with E-state index in [-0.39, 0.29) is 11.7 Å². The number of hydrogen-bond donors (Lipinski definition) is 2. The number of nitrogens with two attached hydrogens (primary N) is 1. The highest BCUT2D eigenvalue weighted by Crippen LogP contribution is 2.21. The maximum absolute atomic E-state index is 11.6. The van der Waals surface area contributed by atoms with E-state index >= 15 is 0 Å². The molecule has 2 aromatic heterocycles. The molecule has 106 valence electrons. The van der Waals surface area contributed by atoms with Crippen LogP contribution in [0.2, 0.25) is 0 Å². The van der Waals surface area contributed by atoms with Crippen molar-refractivity contribution in [2.45, 2.75) is 19.5 Å². The van der Waals surface area contributed by atoms with Crippen LogP contribution in [0.1, 0.15) is 17.3 Å². The van der Waals surface area contributed by atoms with Crippen molar-refractivity contribution in [3.8, 4) is 0 Å². The predicted molar refractivity (Wildman–Crippen MR) is 75.3 cm³/mol. The highest BCUT2D eigenvalue weighted by molar-refractivity contribution is 5.97. The number of rotatable bonds is 5. The van der Waals surface area contributed by atoms with Gasteiger partial charge in [0.25, 0.3) is 0 Å². The number of nitrogens with one attached hydrogen (secondary N) is 1. The van der Waals surface area contributed by atoms with Gasteiger partial charge >= 0.3 is 5.97 Å². The molecular formula is C13H17N5O2. The van der Waals surface area contributed by atoms with E-state index in [9.17, 15) is 4.79 Å². The van der Waals surface area contributed by atoms with Crippen molar-refractivity contribution in [1.82, 2.24) is 14.8 Å². The Morgan fingerprint density at radius 3 is 3.00 bits per heavy atom. The van der Waals surface area contributed by atoms with Crippen LogP contribution in [0.4, 0.5) is 11.5 Å². The third-order valence-corrected chi connectivity index (χ3v) is 2.80. The summed E-state index contributed by atoms with van der Waals surface area (Å²) in [6.07, 6.45) is 5.11. The van der Waals surface area contributed by atoms with Crippen LogP contribution >= 0.6 is 0 Å². The van der Waals surface area contributed by atoms with Gasteiger partial charge in [-0.15, -0.1) is 0 Å². The Hall–Kier alpha value is -2.57. The van der Waals surface area contributed by atoms with Gasteiger partial charge in [0.05, 0.1) is 24.9 Å². The SMILES string of the molecule is COC(=O)c1ccnc(NC(C)Cn2cccn2)c1N. The van der Waals surface area contributed by atoms with Gasteiger partial charge in [0.1, 0.15) is 5.82 Å². The smallest absolute Gasteiger partial charge is 0.340 e. The Balaban J connectivity index is 2.11. The highest BCUT2D eigenvalue weighted by Gasteiger charge is 2.15. The van der Waals surface area contributed by atoms with Crippen LogP contribution in [0.15, 0.2) is 30.7 Å². The number of hydrogen-bond acceptors (Lipinski definition) is 6. The summed E-state index contributed by atoms with van der Waals surface area (Å²) >= 11 is 0. The zero-order valence-corrected chi connectivity index (χ0v) is 11.4. The van der Waals surface area contributed by atoms with Crippen LogP contribution in [0.3, 0.4) is 0 Å². The summed E-state index contributed by atoms with van der Waals surface area (Å²) in [6.45, 7) is 2.64. The van der Waals surface area contributed by atoms with Crippen LogP contribution in [-0.4, -0.2) is 33.9 Å². The molecule has 0 fully saturated rings. The molecule has 0 aromatic carbocycles. The van der Waals surface area contributed by atoms with E-state index in [4.69, 9.17) is 5.73 Å². The first-order chi connectivity index (χ1) is 9.61. The molecule has 2 heterocycles. The number of pyridine rings is 1. The number of carbonyl (C=O) groups is 1. The number of nitrogens with zero attached hydrogens (tertiary/aromatic N) is 3. The van der Waals surface area contributed by atoms with Crippen molar-refractivity contribution < 1.29 is 9.53 Å². The second-order valence-corrected chi connectivity index (χ2v) is 4.39. The van der Waals surface area contributed by atoms with Gasteiger partial charge < -0.3 is 15.8 Å². The number of aromatic nitrogens is 3. The first-order valence-electron chi connectivity index (χ1n) is 6.18. The van der Waals surface area contributed by atoms with Gasteiger partial charge in [-0.3, -0.25) is 4.68 Å². The molecule has 7 nitrogen and oxygen atoms in total. The van der Waals surface area contributed by atoms with E-state index in [1.165, 1.54) is 19.4 Å². The topological polar surface area (TPSA) is 95.1 Å². The average Bonchev–Trinajstić information content (AvgIpc) is 2.93. The van der Waals surface area contributed by atoms with Gasteiger partial charge in [-0.05, 0) is 19.1 Å². The van der Waals surface area contributed by atoms with Crippen LogP contribution in [-0.2, 0) is 11.3 Å². The molecule has 0 aliphatic rings. The Kier molecular flexibility index (Phi) is 4.19. The average molecular weight is 275 g/mol. The third-order valence-electron chi connectivity index (χ3n) is 2.80. The van der Waals surface area contributed by atoms with Gasteiger partial charge in [-0.1, -0.05) is 0 Å². The molecule has 1 atom stereocenters. The minimum atomic E-state index is -0.479. The lowest BCUT2D eigenvalue weighted by atomic mass is 10.2. The largest absolute Gasteiger partial charge is 0.465 e. The molecule has 2 aromatic rings. The molecule has 1 unspecified atom stereocenters.